The zero-order chi connectivity index (χ0) is 14.5. The number of carbonyl (C=O) groups is 1. The number of hydrogen-bond donors (Lipinski definition) is 0. The molecule has 108 valence electrons. The van der Waals surface area contributed by atoms with Gasteiger partial charge in [0.05, 0.1) is 12.6 Å². The normalized spacial score (nSPS) is 30.4. The zero-order valence-corrected chi connectivity index (χ0v) is 12.4. The maximum absolute atomic E-state index is 12.4. The third-order valence-corrected chi connectivity index (χ3v) is 4.23. The van der Waals surface area contributed by atoms with Gasteiger partial charge in [0, 0.05) is 5.41 Å². The largest absolute Gasteiger partial charge is 0.478 e. The van der Waals surface area contributed by atoms with Crippen LogP contribution in [0.2, 0.25) is 0 Å². The van der Waals surface area contributed by atoms with Crippen molar-refractivity contribution in [3.05, 3.63) is 30.3 Å². The molecule has 1 aromatic rings. The molecule has 0 bridgehead atoms. The first kappa shape index (κ1) is 13.4. The van der Waals surface area contributed by atoms with Crippen molar-refractivity contribution in [2.24, 2.45) is 5.41 Å². The molecule has 2 heterocycles. The van der Waals surface area contributed by atoms with E-state index in [0.717, 1.165) is 5.75 Å². The van der Waals surface area contributed by atoms with E-state index in [0.29, 0.717) is 6.61 Å². The van der Waals surface area contributed by atoms with Crippen LogP contribution in [-0.4, -0.2) is 35.3 Å². The molecule has 0 radical (unpaired) electrons. The molecule has 4 nitrogen and oxygen atoms in total. The van der Waals surface area contributed by atoms with Crippen LogP contribution in [0.15, 0.2) is 30.3 Å². The van der Waals surface area contributed by atoms with E-state index in [1.807, 2.05) is 49.1 Å². The zero-order valence-electron chi connectivity index (χ0n) is 12.4. The monoisotopic (exact) mass is 275 g/mol. The standard InChI is InChI=1S/C16H21NO3/c1-15(2)10-19-16(3,4)17-13(15)12(14(17)18)20-11-8-6-5-7-9-11/h5-9,12-13H,10H2,1-4H3/t12-,13+/m0/s1. The van der Waals surface area contributed by atoms with Gasteiger partial charge < -0.3 is 14.4 Å². The molecule has 1 aromatic carbocycles. The molecule has 3 rings (SSSR count). The second kappa shape index (κ2) is 4.22. The Morgan fingerprint density at radius 1 is 1.20 bits per heavy atom. The first-order chi connectivity index (χ1) is 9.33. The lowest BCUT2D eigenvalue weighted by Gasteiger charge is -2.62. The molecule has 2 aliphatic heterocycles. The average molecular weight is 275 g/mol. The molecule has 0 saturated carbocycles. The van der Waals surface area contributed by atoms with Gasteiger partial charge >= 0.3 is 0 Å². The molecule has 2 saturated heterocycles. The third kappa shape index (κ3) is 1.90. The van der Waals surface area contributed by atoms with Crippen LogP contribution in [0.5, 0.6) is 5.75 Å². The first-order valence-corrected chi connectivity index (χ1v) is 7.02. The Balaban J connectivity index is 1.85. The highest BCUT2D eigenvalue weighted by molar-refractivity contribution is 5.90. The van der Waals surface area contributed by atoms with Gasteiger partial charge in [-0.2, -0.15) is 0 Å². The number of nitrogens with zero attached hydrogens (tertiary/aromatic N) is 1. The van der Waals surface area contributed by atoms with Crippen LogP contribution >= 0.6 is 0 Å². The van der Waals surface area contributed by atoms with Gasteiger partial charge in [0.2, 0.25) is 0 Å². The van der Waals surface area contributed by atoms with Crippen LogP contribution in [0.3, 0.4) is 0 Å². The minimum absolute atomic E-state index is 0.0108. The molecule has 2 aliphatic rings. The molecule has 2 fully saturated rings. The van der Waals surface area contributed by atoms with E-state index >= 15 is 0 Å². The number of hydrogen-bond acceptors (Lipinski definition) is 3. The van der Waals surface area contributed by atoms with Crippen molar-refractivity contribution < 1.29 is 14.3 Å². The number of rotatable bonds is 2. The average Bonchev–Trinajstić information content (AvgIpc) is 2.39. The summed E-state index contributed by atoms with van der Waals surface area (Å²) < 4.78 is 11.7. The number of para-hydroxylation sites is 1. The summed E-state index contributed by atoms with van der Waals surface area (Å²) in [4.78, 5) is 14.2. The lowest BCUT2D eigenvalue weighted by atomic mass is 9.73. The van der Waals surface area contributed by atoms with E-state index < -0.39 is 11.8 Å². The first-order valence-electron chi connectivity index (χ1n) is 7.02. The minimum Gasteiger partial charge on any atom is -0.478 e. The van der Waals surface area contributed by atoms with Gasteiger partial charge in [-0.3, -0.25) is 4.79 Å². The molecule has 0 spiro atoms. The summed E-state index contributed by atoms with van der Waals surface area (Å²) in [6.07, 6.45) is -0.407. The van der Waals surface area contributed by atoms with Crippen molar-refractivity contribution in [3.63, 3.8) is 0 Å². The fraction of sp³-hybridized carbons (Fsp3) is 0.562. The lowest BCUT2D eigenvalue weighted by molar-refractivity contribution is -0.272. The summed E-state index contributed by atoms with van der Waals surface area (Å²) in [6.45, 7) is 8.74. The predicted octanol–water partition coefficient (Wildman–Crippen LogP) is 2.44. The van der Waals surface area contributed by atoms with E-state index in [9.17, 15) is 4.79 Å². The maximum atomic E-state index is 12.4. The van der Waals surface area contributed by atoms with Crippen molar-refractivity contribution in [2.45, 2.75) is 45.6 Å². The number of ether oxygens (including phenoxy) is 2. The third-order valence-electron chi connectivity index (χ3n) is 4.23. The minimum atomic E-state index is -0.548. The molecule has 0 N–H and O–H groups in total. The summed E-state index contributed by atoms with van der Waals surface area (Å²) in [7, 11) is 0. The van der Waals surface area contributed by atoms with Gasteiger partial charge in [0.1, 0.15) is 11.5 Å². The van der Waals surface area contributed by atoms with Crippen LogP contribution in [0.1, 0.15) is 27.7 Å². The Labute approximate surface area is 119 Å². The number of benzene rings is 1. The highest BCUT2D eigenvalue weighted by Crippen LogP contribution is 2.46. The highest BCUT2D eigenvalue weighted by Gasteiger charge is 2.63. The number of carbonyl (C=O) groups excluding carboxylic acids is 1. The second-order valence-corrected chi connectivity index (χ2v) is 6.73. The molecule has 4 heteroatoms. The van der Waals surface area contributed by atoms with E-state index in [2.05, 4.69) is 13.8 Å². The summed E-state index contributed by atoms with van der Waals surface area (Å²) in [5.74, 6) is 0.752. The molecule has 20 heavy (non-hydrogen) atoms. The molecule has 1 amide bonds. The van der Waals surface area contributed by atoms with Gasteiger partial charge in [-0.25, -0.2) is 0 Å². The lowest BCUT2D eigenvalue weighted by Crippen LogP contribution is -2.80. The molecule has 0 aromatic heterocycles. The molecule has 0 aliphatic carbocycles. The van der Waals surface area contributed by atoms with Gasteiger partial charge in [0.25, 0.3) is 5.91 Å². The molecular weight excluding hydrogens is 254 g/mol. The van der Waals surface area contributed by atoms with Gasteiger partial charge in [-0.1, -0.05) is 32.0 Å². The van der Waals surface area contributed by atoms with Crippen molar-refractivity contribution >= 4 is 5.91 Å². The Kier molecular flexibility index (Phi) is 2.83. The summed E-state index contributed by atoms with van der Waals surface area (Å²) in [6, 6.07) is 9.58. The van der Waals surface area contributed by atoms with E-state index in [4.69, 9.17) is 9.47 Å². The molecular formula is C16H21NO3. The van der Waals surface area contributed by atoms with Crippen LogP contribution in [0.25, 0.3) is 0 Å². The predicted molar refractivity (Wildman–Crippen MR) is 75.3 cm³/mol. The van der Waals surface area contributed by atoms with Crippen molar-refractivity contribution in [3.8, 4) is 5.75 Å². The fourth-order valence-electron chi connectivity index (χ4n) is 3.10. The van der Waals surface area contributed by atoms with Crippen LogP contribution < -0.4 is 4.74 Å². The Morgan fingerprint density at radius 3 is 2.50 bits per heavy atom. The van der Waals surface area contributed by atoms with E-state index in [1.54, 1.807) is 0 Å². The summed E-state index contributed by atoms with van der Waals surface area (Å²) >= 11 is 0. The van der Waals surface area contributed by atoms with Crippen LogP contribution in [-0.2, 0) is 9.53 Å². The fourth-order valence-corrected chi connectivity index (χ4v) is 3.10. The smallest absolute Gasteiger partial charge is 0.268 e. The van der Waals surface area contributed by atoms with Crippen molar-refractivity contribution in [2.75, 3.05) is 6.61 Å². The van der Waals surface area contributed by atoms with Crippen molar-refractivity contribution in [1.82, 2.24) is 4.90 Å². The molecule has 0 unspecified atom stereocenters. The highest BCUT2D eigenvalue weighted by atomic mass is 16.5. The Bertz CT molecular complexity index is 524. The van der Waals surface area contributed by atoms with Gasteiger partial charge in [-0.15, -0.1) is 0 Å². The SMILES string of the molecule is CC1(C)COC(C)(C)N2C(=O)[C@@H](Oc3ccccc3)[C@@H]21. The van der Waals surface area contributed by atoms with Gasteiger partial charge in [0.15, 0.2) is 6.10 Å². The Morgan fingerprint density at radius 2 is 1.85 bits per heavy atom. The topological polar surface area (TPSA) is 38.8 Å². The summed E-state index contributed by atoms with van der Waals surface area (Å²) in [5.41, 5.74) is -0.656. The number of fused-ring (bicyclic) bond motifs is 1. The number of β-lactam (4-membered cyclic amide) rings is 1. The van der Waals surface area contributed by atoms with Crippen molar-refractivity contribution in [1.29, 1.82) is 0 Å². The summed E-state index contributed by atoms with van der Waals surface area (Å²) in [5, 5.41) is 0. The van der Waals surface area contributed by atoms with Crippen LogP contribution in [0.4, 0.5) is 0 Å². The maximum Gasteiger partial charge on any atom is 0.268 e. The van der Waals surface area contributed by atoms with Crippen LogP contribution in [0, 0.1) is 5.41 Å². The van der Waals surface area contributed by atoms with E-state index in [1.165, 1.54) is 0 Å². The Hall–Kier alpha value is -1.55. The van der Waals surface area contributed by atoms with E-state index in [-0.39, 0.29) is 17.4 Å². The quantitative estimate of drug-likeness (QED) is 0.778. The second-order valence-electron chi connectivity index (χ2n) is 6.73. The molecule has 2 atom stereocenters. The number of amides is 1. The van der Waals surface area contributed by atoms with Gasteiger partial charge in [-0.05, 0) is 26.0 Å².